The van der Waals surface area contributed by atoms with E-state index in [2.05, 4.69) is 29.7 Å². The van der Waals surface area contributed by atoms with Crippen LogP contribution in [0.3, 0.4) is 0 Å². The lowest BCUT2D eigenvalue weighted by molar-refractivity contribution is 0.0927. The predicted octanol–water partition coefficient (Wildman–Crippen LogP) is 4.30. The zero-order valence-electron chi connectivity index (χ0n) is 22.6. The van der Waals surface area contributed by atoms with Gasteiger partial charge in [0.2, 0.25) is 0 Å². The van der Waals surface area contributed by atoms with E-state index in [1.165, 1.54) is 32.1 Å². The Morgan fingerprint density at radius 1 is 1.22 bits per heavy atom. The average Bonchev–Trinajstić information content (AvgIpc) is 3.32. The number of carbonyl (C=O) groups is 1. The van der Waals surface area contributed by atoms with Crippen molar-refractivity contribution in [3.05, 3.63) is 30.0 Å². The van der Waals surface area contributed by atoms with E-state index in [1.54, 1.807) is 20.3 Å². The second-order valence-electron chi connectivity index (χ2n) is 10.2. The van der Waals surface area contributed by atoms with Crippen LogP contribution >= 0.6 is 0 Å². The minimum Gasteiger partial charge on any atom is -0.496 e. The van der Waals surface area contributed by atoms with E-state index in [-0.39, 0.29) is 14.8 Å². The molecule has 1 aliphatic rings. The normalized spacial score (nSPS) is 15.5. The number of rotatable bonds is 12. The van der Waals surface area contributed by atoms with Crippen molar-refractivity contribution in [3.63, 3.8) is 0 Å². The number of nitrogens with zero attached hydrogens (tertiary/aromatic N) is 3. The quantitative estimate of drug-likeness (QED) is 0.142. The lowest BCUT2D eigenvalue weighted by Gasteiger charge is -2.25. The van der Waals surface area contributed by atoms with E-state index in [0.717, 1.165) is 24.1 Å². The molecule has 6 N–H and O–H groups in total. The molecule has 2 aromatic rings. The Bertz CT molecular complexity index is 1030. The van der Waals surface area contributed by atoms with Crippen molar-refractivity contribution in [1.29, 1.82) is 0 Å². The van der Waals surface area contributed by atoms with Crippen LogP contribution in [0.4, 0.5) is 0 Å². The number of hydrogen-bond donors (Lipinski definition) is 4. The average molecular weight is 518 g/mol. The van der Waals surface area contributed by atoms with Gasteiger partial charge in [0.25, 0.3) is 5.91 Å². The van der Waals surface area contributed by atoms with Crippen LogP contribution in [0.5, 0.6) is 11.5 Å². The van der Waals surface area contributed by atoms with Crippen LogP contribution in [0.15, 0.2) is 29.4 Å². The van der Waals surface area contributed by atoms with Crippen molar-refractivity contribution in [2.45, 2.75) is 77.8 Å². The first-order valence-electron chi connectivity index (χ1n) is 13.2. The first-order valence-corrected chi connectivity index (χ1v) is 13.2. The van der Waals surface area contributed by atoms with Crippen LogP contribution in [-0.2, 0) is 6.54 Å². The summed E-state index contributed by atoms with van der Waals surface area (Å²) in [5.74, 6) is 13.6. The second kappa shape index (κ2) is 13.9. The molecule has 0 unspecified atom stereocenters. The van der Waals surface area contributed by atoms with Crippen LogP contribution in [0, 0.1) is 11.8 Å². The second-order valence-corrected chi connectivity index (χ2v) is 10.2. The number of hydrazone groups is 1. The molecule has 1 aromatic heterocycles. The van der Waals surface area contributed by atoms with E-state index in [1.807, 2.05) is 22.9 Å². The summed E-state index contributed by atoms with van der Waals surface area (Å²) >= 11 is 0. The van der Waals surface area contributed by atoms with Crippen LogP contribution in [0.1, 0.15) is 78.6 Å². The van der Waals surface area contributed by atoms with Crippen molar-refractivity contribution in [2.24, 2.45) is 28.6 Å². The summed E-state index contributed by atoms with van der Waals surface area (Å²) in [6.07, 6.45) is 8.65. The van der Waals surface area contributed by atoms with Crippen molar-refractivity contribution in [1.82, 2.24) is 20.5 Å². The van der Waals surface area contributed by atoms with E-state index < -0.39 is 0 Å². The highest BCUT2D eigenvalue weighted by atomic mass is 16.5. The van der Waals surface area contributed by atoms with E-state index in [0.29, 0.717) is 47.8 Å². The lowest BCUT2D eigenvalue weighted by atomic mass is 9.85. The summed E-state index contributed by atoms with van der Waals surface area (Å²) in [5.41, 5.74) is 4.40. The summed E-state index contributed by atoms with van der Waals surface area (Å²) in [7, 11) is 3.24. The molecule has 208 valence electrons. The topological polar surface area (TPSA) is 142 Å². The number of hydrogen-bond acceptors (Lipinski definition) is 7. The first kappa shape index (κ1) is 28.3. The molecule has 3 rings (SSSR count). The summed E-state index contributed by atoms with van der Waals surface area (Å²) in [4.78, 5) is 13.5. The molecule has 0 aliphatic heterocycles. The smallest absolute Gasteiger partial charge is 0.272 e. The molecule has 10 nitrogen and oxygen atoms in total. The molecule has 1 saturated carbocycles. The Labute approximate surface area is 223 Å². The van der Waals surface area contributed by atoms with Gasteiger partial charge in [-0.25, -0.2) is 5.84 Å². The van der Waals surface area contributed by atoms with Gasteiger partial charge in [0.05, 0.1) is 25.5 Å². The van der Waals surface area contributed by atoms with Gasteiger partial charge in [-0.15, -0.1) is 0 Å². The fourth-order valence-corrected chi connectivity index (χ4v) is 5.10. The number of hydrazine groups is 1. The number of carbonyl (C=O) groups excluding carboxylic acids is 1. The van der Waals surface area contributed by atoms with Gasteiger partial charge in [0.1, 0.15) is 17.3 Å². The van der Waals surface area contributed by atoms with Gasteiger partial charge in [0, 0.05) is 21.9 Å². The van der Waals surface area contributed by atoms with Crippen molar-refractivity contribution in [3.8, 4) is 22.8 Å². The Morgan fingerprint density at radius 2 is 1.89 bits per heavy atom. The standard InChI is InChI=1S/C27H43N7O3.2H2/c1-18(2)17-34-22(26-23(36-3)11-8-12-24(26)37-4)16-21(33-34)27(35)30-20(15-25(31-28)32-29)14-13-19-9-6-5-7-10-19;;/h8,11-12,16,18-20H,5-7,9-10,13-15,17,28-29H2,1-4H3,(H,30,35)(H,31,32);2*1H/t20-;;/m0../s1. The van der Waals surface area contributed by atoms with Gasteiger partial charge in [0.15, 0.2) is 5.69 Å². The van der Waals surface area contributed by atoms with E-state index >= 15 is 0 Å². The largest absolute Gasteiger partial charge is 0.496 e. The van der Waals surface area contributed by atoms with Gasteiger partial charge < -0.3 is 26.1 Å². The van der Waals surface area contributed by atoms with Crippen molar-refractivity contribution in [2.75, 3.05) is 14.2 Å². The maximum Gasteiger partial charge on any atom is 0.272 e. The zero-order chi connectivity index (χ0) is 26.8. The lowest BCUT2D eigenvalue weighted by Crippen LogP contribution is -2.41. The van der Waals surface area contributed by atoms with Crippen LogP contribution in [-0.4, -0.2) is 41.8 Å². The van der Waals surface area contributed by atoms with Crippen LogP contribution < -0.4 is 31.9 Å². The highest BCUT2D eigenvalue weighted by molar-refractivity contribution is 5.94. The Morgan fingerprint density at radius 3 is 2.46 bits per heavy atom. The Balaban J connectivity index is 0.00000380. The highest BCUT2D eigenvalue weighted by Crippen LogP contribution is 2.39. The molecule has 0 saturated heterocycles. The number of nitrogens with two attached hydrogens (primary N) is 2. The fraction of sp³-hybridized carbons (Fsp3) is 0.593. The van der Waals surface area contributed by atoms with Gasteiger partial charge in [-0.1, -0.05) is 52.0 Å². The Kier molecular flexibility index (Phi) is 10.6. The van der Waals surface area contributed by atoms with E-state index in [4.69, 9.17) is 26.3 Å². The molecule has 0 radical (unpaired) electrons. The number of ether oxygens (including phenoxy) is 2. The molecule has 1 aliphatic carbocycles. The summed E-state index contributed by atoms with van der Waals surface area (Å²) in [6.45, 7) is 4.86. The maximum atomic E-state index is 13.5. The molecule has 1 fully saturated rings. The molecule has 1 heterocycles. The van der Waals surface area contributed by atoms with Crippen molar-refractivity contribution >= 4 is 11.7 Å². The SMILES string of the molecule is COc1cccc(OC)c1-c1cc(C(=O)N[C@@H](CCC2CCCCC2)C/C(=N/N)NN)nn1CC(C)C.[HH].[HH]. The van der Waals surface area contributed by atoms with Crippen LogP contribution in [0.2, 0.25) is 0 Å². The van der Waals surface area contributed by atoms with Gasteiger partial charge in [-0.2, -0.15) is 10.2 Å². The number of amides is 1. The van der Waals surface area contributed by atoms with Gasteiger partial charge in [-0.3, -0.25) is 9.48 Å². The molecule has 1 atom stereocenters. The number of benzene rings is 1. The number of amidine groups is 1. The third-order valence-corrected chi connectivity index (χ3v) is 6.98. The molecular weight excluding hydrogens is 470 g/mol. The monoisotopic (exact) mass is 517 g/mol. The minimum absolute atomic E-state index is 0. The highest BCUT2D eigenvalue weighted by Gasteiger charge is 2.24. The summed E-state index contributed by atoms with van der Waals surface area (Å²) in [5, 5.41) is 11.6. The third-order valence-electron chi connectivity index (χ3n) is 6.98. The third kappa shape index (κ3) is 7.61. The Hall–Kier alpha value is -3.27. The molecular formula is C27H47N7O3. The number of nitrogens with one attached hydrogen (secondary N) is 2. The number of methoxy groups -OCH3 is 2. The minimum atomic E-state index is -0.250. The zero-order valence-corrected chi connectivity index (χ0v) is 22.6. The molecule has 10 heteroatoms. The van der Waals surface area contributed by atoms with Crippen LogP contribution in [0.25, 0.3) is 11.3 Å². The van der Waals surface area contributed by atoms with E-state index in [9.17, 15) is 4.79 Å². The maximum absolute atomic E-state index is 13.5. The molecule has 1 aromatic carbocycles. The first-order chi connectivity index (χ1) is 17.9. The molecule has 1 amide bonds. The summed E-state index contributed by atoms with van der Waals surface area (Å²) < 4.78 is 13.1. The molecule has 0 spiro atoms. The molecule has 37 heavy (non-hydrogen) atoms. The predicted molar refractivity (Wildman–Crippen MR) is 150 cm³/mol. The number of aromatic nitrogens is 2. The van der Waals surface area contributed by atoms with Gasteiger partial charge >= 0.3 is 0 Å². The fourth-order valence-electron chi connectivity index (χ4n) is 5.10. The summed E-state index contributed by atoms with van der Waals surface area (Å²) in [6, 6.07) is 7.25. The molecule has 0 bridgehead atoms. The van der Waals surface area contributed by atoms with Crippen molar-refractivity contribution < 1.29 is 17.1 Å². The van der Waals surface area contributed by atoms with Gasteiger partial charge in [-0.05, 0) is 42.9 Å².